The third-order valence-electron chi connectivity index (χ3n) is 2.55. The van der Waals surface area contributed by atoms with Gasteiger partial charge in [0.05, 0.1) is 5.56 Å². The molecule has 1 amide bonds. The van der Waals surface area contributed by atoms with Gasteiger partial charge in [0.15, 0.2) is 0 Å². The molecule has 1 aliphatic heterocycles. The molecule has 0 saturated carbocycles. The third-order valence-corrected chi connectivity index (χ3v) is 3.45. The van der Waals surface area contributed by atoms with Crippen molar-refractivity contribution in [2.75, 3.05) is 13.1 Å². The van der Waals surface area contributed by atoms with E-state index in [0.29, 0.717) is 9.13 Å². The third kappa shape index (κ3) is 2.30. The molecular weight excluding hydrogens is 308 g/mol. The summed E-state index contributed by atoms with van der Waals surface area (Å²) in [7, 11) is 0. The summed E-state index contributed by atoms with van der Waals surface area (Å²) in [5, 5.41) is 0. The van der Waals surface area contributed by atoms with Crippen molar-refractivity contribution in [3.8, 4) is 0 Å². The molecule has 0 spiro atoms. The molecule has 1 aliphatic rings. The standard InChI is InChI=1S/C11H11FINO/c12-8-3-4-9(10(13)7-8)11(15)14-5-1-2-6-14/h3-4,7H,1-2,5-6H2. The Morgan fingerprint density at radius 3 is 2.60 bits per heavy atom. The van der Waals surface area contributed by atoms with Crippen molar-refractivity contribution in [1.82, 2.24) is 4.90 Å². The average molecular weight is 319 g/mol. The van der Waals surface area contributed by atoms with Crippen molar-refractivity contribution in [2.24, 2.45) is 0 Å². The molecule has 1 aromatic rings. The van der Waals surface area contributed by atoms with Crippen LogP contribution in [0, 0.1) is 9.39 Å². The molecule has 15 heavy (non-hydrogen) atoms. The predicted octanol–water partition coefficient (Wildman–Crippen LogP) is 2.67. The summed E-state index contributed by atoms with van der Waals surface area (Å²) in [5.74, 6) is -0.269. The van der Waals surface area contributed by atoms with E-state index in [4.69, 9.17) is 0 Å². The topological polar surface area (TPSA) is 20.3 Å². The van der Waals surface area contributed by atoms with Crippen molar-refractivity contribution in [3.63, 3.8) is 0 Å². The van der Waals surface area contributed by atoms with Crippen molar-refractivity contribution < 1.29 is 9.18 Å². The van der Waals surface area contributed by atoms with Crippen LogP contribution in [0.5, 0.6) is 0 Å². The molecule has 1 aromatic carbocycles. The Morgan fingerprint density at radius 2 is 2.00 bits per heavy atom. The van der Waals surface area contributed by atoms with Gasteiger partial charge in [-0.15, -0.1) is 0 Å². The van der Waals surface area contributed by atoms with E-state index in [-0.39, 0.29) is 11.7 Å². The van der Waals surface area contributed by atoms with Gasteiger partial charge in [-0.3, -0.25) is 4.79 Å². The first-order chi connectivity index (χ1) is 7.18. The Kier molecular flexibility index (Phi) is 3.23. The van der Waals surface area contributed by atoms with Crippen LogP contribution < -0.4 is 0 Å². The van der Waals surface area contributed by atoms with Crippen molar-refractivity contribution in [3.05, 3.63) is 33.1 Å². The maximum atomic E-state index is 12.9. The number of amides is 1. The number of halogens is 2. The second-order valence-corrected chi connectivity index (χ2v) is 4.79. The molecule has 0 N–H and O–H groups in total. The average Bonchev–Trinajstić information content (AvgIpc) is 2.69. The van der Waals surface area contributed by atoms with Crippen molar-refractivity contribution >= 4 is 28.5 Å². The Bertz CT molecular complexity index is 388. The lowest BCUT2D eigenvalue weighted by Gasteiger charge is -2.15. The van der Waals surface area contributed by atoms with Gasteiger partial charge in [0.2, 0.25) is 0 Å². The summed E-state index contributed by atoms with van der Waals surface area (Å²) in [4.78, 5) is 13.8. The van der Waals surface area contributed by atoms with E-state index in [1.54, 1.807) is 6.07 Å². The summed E-state index contributed by atoms with van der Waals surface area (Å²) in [5.41, 5.74) is 0.610. The molecule has 0 bridgehead atoms. The van der Waals surface area contributed by atoms with E-state index in [9.17, 15) is 9.18 Å². The van der Waals surface area contributed by atoms with Gasteiger partial charge in [0, 0.05) is 16.7 Å². The van der Waals surface area contributed by atoms with Gasteiger partial charge in [-0.2, -0.15) is 0 Å². The van der Waals surface area contributed by atoms with Gasteiger partial charge in [-0.05, 0) is 53.6 Å². The summed E-state index contributed by atoms with van der Waals surface area (Å²) >= 11 is 2.00. The lowest BCUT2D eigenvalue weighted by molar-refractivity contribution is 0.0791. The van der Waals surface area contributed by atoms with Gasteiger partial charge >= 0.3 is 0 Å². The fraction of sp³-hybridized carbons (Fsp3) is 0.364. The van der Waals surface area contributed by atoms with E-state index in [1.165, 1.54) is 12.1 Å². The molecule has 0 atom stereocenters. The van der Waals surface area contributed by atoms with Gasteiger partial charge in [0.25, 0.3) is 5.91 Å². The first-order valence-electron chi connectivity index (χ1n) is 4.93. The molecule has 4 heteroatoms. The number of nitrogens with zero attached hydrogens (tertiary/aromatic N) is 1. The largest absolute Gasteiger partial charge is 0.339 e. The molecule has 1 heterocycles. The smallest absolute Gasteiger partial charge is 0.254 e. The van der Waals surface area contributed by atoms with E-state index < -0.39 is 0 Å². The first kappa shape index (κ1) is 10.9. The molecule has 80 valence electrons. The number of benzene rings is 1. The molecular formula is C11H11FINO. The van der Waals surface area contributed by atoms with Crippen LogP contribution in [-0.4, -0.2) is 23.9 Å². The molecule has 2 rings (SSSR count). The highest BCUT2D eigenvalue weighted by atomic mass is 127. The second kappa shape index (κ2) is 4.47. The highest BCUT2D eigenvalue weighted by molar-refractivity contribution is 14.1. The number of likely N-dealkylation sites (tertiary alicyclic amines) is 1. The van der Waals surface area contributed by atoms with Gasteiger partial charge < -0.3 is 4.90 Å². The van der Waals surface area contributed by atoms with E-state index in [0.717, 1.165) is 25.9 Å². The van der Waals surface area contributed by atoms with Crippen molar-refractivity contribution in [1.29, 1.82) is 0 Å². The van der Waals surface area contributed by atoms with Gasteiger partial charge in [-0.1, -0.05) is 0 Å². The predicted molar refractivity (Wildman–Crippen MR) is 64.3 cm³/mol. The summed E-state index contributed by atoms with van der Waals surface area (Å²) < 4.78 is 13.5. The minimum Gasteiger partial charge on any atom is -0.339 e. The zero-order valence-corrected chi connectivity index (χ0v) is 10.3. The summed E-state index contributed by atoms with van der Waals surface area (Å²) in [6.45, 7) is 1.65. The van der Waals surface area contributed by atoms with Crippen LogP contribution >= 0.6 is 22.6 Å². The highest BCUT2D eigenvalue weighted by Crippen LogP contribution is 2.18. The van der Waals surface area contributed by atoms with Crippen LogP contribution in [0.25, 0.3) is 0 Å². The Morgan fingerprint density at radius 1 is 1.33 bits per heavy atom. The molecule has 2 nitrogen and oxygen atoms in total. The molecule has 0 radical (unpaired) electrons. The molecule has 0 aliphatic carbocycles. The minimum atomic E-state index is -0.294. The fourth-order valence-corrected chi connectivity index (χ4v) is 2.46. The number of hydrogen-bond acceptors (Lipinski definition) is 1. The summed E-state index contributed by atoms with van der Waals surface area (Å²) in [6, 6.07) is 4.30. The maximum absolute atomic E-state index is 12.9. The van der Waals surface area contributed by atoms with Crippen LogP contribution in [0.2, 0.25) is 0 Å². The SMILES string of the molecule is O=C(c1ccc(F)cc1I)N1CCCC1. The Hall–Kier alpha value is -0.650. The monoisotopic (exact) mass is 319 g/mol. The Balaban J connectivity index is 2.24. The van der Waals surface area contributed by atoms with Crippen LogP contribution in [-0.2, 0) is 0 Å². The second-order valence-electron chi connectivity index (χ2n) is 3.62. The van der Waals surface area contributed by atoms with E-state index >= 15 is 0 Å². The number of carbonyl (C=O) groups is 1. The number of hydrogen-bond donors (Lipinski definition) is 0. The normalized spacial score (nSPS) is 15.7. The number of rotatable bonds is 1. The van der Waals surface area contributed by atoms with Gasteiger partial charge in [-0.25, -0.2) is 4.39 Å². The highest BCUT2D eigenvalue weighted by Gasteiger charge is 2.21. The van der Waals surface area contributed by atoms with Crippen LogP contribution in [0.3, 0.4) is 0 Å². The van der Waals surface area contributed by atoms with Crippen molar-refractivity contribution in [2.45, 2.75) is 12.8 Å². The molecule has 1 fully saturated rings. The maximum Gasteiger partial charge on any atom is 0.254 e. The van der Waals surface area contributed by atoms with E-state index in [1.807, 2.05) is 27.5 Å². The Labute approximate surface area is 102 Å². The van der Waals surface area contributed by atoms with Crippen LogP contribution in [0.4, 0.5) is 4.39 Å². The zero-order chi connectivity index (χ0) is 10.8. The quantitative estimate of drug-likeness (QED) is 0.729. The molecule has 0 unspecified atom stereocenters. The number of carbonyl (C=O) groups excluding carboxylic acids is 1. The first-order valence-corrected chi connectivity index (χ1v) is 6.00. The van der Waals surface area contributed by atoms with Crippen LogP contribution in [0.1, 0.15) is 23.2 Å². The molecule has 0 aromatic heterocycles. The van der Waals surface area contributed by atoms with E-state index in [2.05, 4.69) is 0 Å². The van der Waals surface area contributed by atoms with Gasteiger partial charge in [0.1, 0.15) is 5.82 Å². The molecule has 1 saturated heterocycles. The summed E-state index contributed by atoms with van der Waals surface area (Å²) in [6.07, 6.45) is 2.15. The minimum absolute atomic E-state index is 0.0249. The fourth-order valence-electron chi connectivity index (χ4n) is 1.75. The zero-order valence-electron chi connectivity index (χ0n) is 8.17. The van der Waals surface area contributed by atoms with Crippen LogP contribution in [0.15, 0.2) is 18.2 Å². The lowest BCUT2D eigenvalue weighted by Crippen LogP contribution is -2.28. The lowest BCUT2D eigenvalue weighted by atomic mass is 10.2.